The van der Waals surface area contributed by atoms with Crippen molar-refractivity contribution < 1.29 is 0 Å². The number of hydrogen-bond donors (Lipinski definition) is 2. The van der Waals surface area contributed by atoms with Crippen molar-refractivity contribution in [3.05, 3.63) is 67.0 Å². The molecule has 0 aliphatic rings. The average molecular weight is 351 g/mol. The summed E-state index contributed by atoms with van der Waals surface area (Å²) < 4.78 is 1.45. The first-order valence-electron chi connectivity index (χ1n) is 7.95. The first-order valence-corrected chi connectivity index (χ1v) is 8.77. The third-order valence-electron chi connectivity index (χ3n) is 4.44. The number of thiophene rings is 1. The maximum atomic E-state index is 12.6. The Morgan fingerprint density at radius 2 is 1.76 bits per heavy atom. The lowest BCUT2D eigenvalue weighted by atomic mass is 9.99. The van der Waals surface area contributed by atoms with Crippen LogP contribution in [0.15, 0.2) is 46.0 Å². The first-order chi connectivity index (χ1) is 12.0. The van der Waals surface area contributed by atoms with Gasteiger partial charge in [0.2, 0.25) is 0 Å². The molecular weight excluding hydrogens is 334 g/mol. The molecule has 0 spiro atoms. The van der Waals surface area contributed by atoms with Crippen molar-refractivity contribution in [2.45, 2.75) is 13.8 Å². The topological polar surface area (TPSA) is 70.7 Å². The molecule has 0 bridgehead atoms. The number of nitrogens with zero attached hydrogens (tertiary/aromatic N) is 1. The summed E-state index contributed by atoms with van der Waals surface area (Å²) in [5, 5.41) is 0.516. The Labute approximate surface area is 147 Å². The van der Waals surface area contributed by atoms with E-state index in [1.807, 2.05) is 30.3 Å². The van der Waals surface area contributed by atoms with Crippen molar-refractivity contribution in [3.63, 3.8) is 0 Å². The molecule has 4 aromatic rings. The van der Waals surface area contributed by atoms with Crippen LogP contribution in [0.2, 0.25) is 0 Å². The van der Waals surface area contributed by atoms with Crippen LogP contribution in [0.4, 0.5) is 0 Å². The summed E-state index contributed by atoms with van der Waals surface area (Å²) in [6, 6.07) is 12.0. The molecule has 6 heteroatoms. The van der Waals surface area contributed by atoms with Crippen LogP contribution in [0.1, 0.15) is 9.75 Å². The van der Waals surface area contributed by atoms with E-state index in [4.69, 9.17) is 0 Å². The highest BCUT2D eigenvalue weighted by Crippen LogP contribution is 2.40. The monoisotopic (exact) mass is 351 g/mol. The quantitative estimate of drug-likeness (QED) is 0.580. The van der Waals surface area contributed by atoms with Gasteiger partial charge in [-0.2, -0.15) is 0 Å². The normalized spacial score (nSPS) is 11.3. The van der Waals surface area contributed by atoms with Crippen molar-refractivity contribution in [2.75, 3.05) is 0 Å². The van der Waals surface area contributed by atoms with Crippen LogP contribution in [-0.2, 0) is 7.05 Å². The van der Waals surface area contributed by atoms with Crippen LogP contribution in [0.5, 0.6) is 0 Å². The van der Waals surface area contributed by atoms with Gasteiger partial charge in [-0.15, -0.1) is 11.3 Å². The van der Waals surface area contributed by atoms with Gasteiger partial charge < -0.3 is 4.98 Å². The molecule has 126 valence electrons. The van der Waals surface area contributed by atoms with E-state index < -0.39 is 5.69 Å². The molecule has 0 aliphatic carbocycles. The van der Waals surface area contributed by atoms with Gasteiger partial charge in [-0.3, -0.25) is 14.3 Å². The van der Waals surface area contributed by atoms with E-state index in [-0.39, 0.29) is 5.56 Å². The summed E-state index contributed by atoms with van der Waals surface area (Å²) in [7, 11) is 1.65. The maximum Gasteiger partial charge on any atom is 0.329 e. The smallest absolute Gasteiger partial charge is 0.329 e. The molecule has 5 nitrogen and oxygen atoms in total. The summed E-state index contributed by atoms with van der Waals surface area (Å²) in [6.45, 7) is 4.11. The van der Waals surface area contributed by atoms with Gasteiger partial charge in [0.05, 0.1) is 11.1 Å². The molecule has 0 fully saturated rings. The predicted octanol–water partition coefficient (Wildman–Crippen LogP) is 3.57. The molecule has 3 aromatic heterocycles. The third kappa shape index (κ3) is 2.37. The number of rotatable bonds is 2. The van der Waals surface area contributed by atoms with E-state index in [0.717, 1.165) is 27.3 Å². The number of aromatic amines is 2. The largest absolute Gasteiger partial charge is 0.340 e. The summed E-state index contributed by atoms with van der Waals surface area (Å²) in [5.74, 6) is 0. The highest BCUT2D eigenvalue weighted by atomic mass is 32.1. The number of fused-ring (bicyclic) bond motifs is 1. The van der Waals surface area contributed by atoms with Gasteiger partial charge >= 0.3 is 5.69 Å². The lowest BCUT2D eigenvalue weighted by Gasteiger charge is -2.04. The minimum absolute atomic E-state index is 0.366. The van der Waals surface area contributed by atoms with E-state index >= 15 is 0 Å². The zero-order valence-electron chi connectivity index (χ0n) is 14.1. The minimum Gasteiger partial charge on any atom is -0.340 e. The summed E-state index contributed by atoms with van der Waals surface area (Å²) in [5.41, 5.74) is 3.44. The molecule has 2 N–H and O–H groups in total. The predicted molar refractivity (Wildman–Crippen MR) is 102 cm³/mol. The Bertz CT molecular complexity index is 1210. The highest BCUT2D eigenvalue weighted by Gasteiger charge is 2.22. The standard InChI is InChI=1S/C19H17N3O2S/c1-10-9-13(11(2)25-10)14-15-17(22(3)19(24)21-18(15)23)20-16(14)12-7-5-4-6-8-12/h4-9,20H,1-3H3,(H,21,23,24). The number of hydrogen-bond acceptors (Lipinski definition) is 3. The third-order valence-corrected chi connectivity index (χ3v) is 5.41. The van der Waals surface area contributed by atoms with Crippen molar-refractivity contribution in [2.24, 2.45) is 7.05 Å². The van der Waals surface area contributed by atoms with E-state index in [0.29, 0.717) is 11.0 Å². The molecule has 0 saturated heterocycles. The maximum absolute atomic E-state index is 12.6. The van der Waals surface area contributed by atoms with Gasteiger partial charge in [-0.1, -0.05) is 30.3 Å². The molecule has 1 aromatic carbocycles. The number of nitrogens with one attached hydrogen (secondary N) is 2. The molecule has 3 heterocycles. The summed E-state index contributed by atoms with van der Waals surface area (Å²) in [6.07, 6.45) is 0. The van der Waals surface area contributed by atoms with Crippen molar-refractivity contribution >= 4 is 22.4 Å². The zero-order chi connectivity index (χ0) is 17.7. The fourth-order valence-electron chi connectivity index (χ4n) is 3.27. The van der Waals surface area contributed by atoms with Crippen LogP contribution in [-0.4, -0.2) is 14.5 Å². The molecule has 0 aliphatic heterocycles. The van der Waals surface area contributed by atoms with Gasteiger partial charge in [-0.25, -0.2) is 4.79 Å². The minimum atomic E-state index is -0.428. The van der Waals surface area contributed by atoms with Crippen LogP contribution < -0.4 is 11.2 Å². The summed E-state index contributed by atoms with van der Waals surface area (Å²) >= 11 is 1.70. The fraction of sp³-hybridized carbons (Fsp3) is 0.158. The van der Waals surface area contributed by atoms with Gasteiger partial charge in [0.1, 0.15) is 5.65 Å². The molecule has 0 radical (unpaired) electrons. The second-order valence-electron chi connectivity index (χ2n) is 6.11. The zero-order valence-corrected chi connectivity index (χ0v) is 15.0. The molecular formula is C19H17N3O2S. The Hall–Kier alpha value is -2.86. The van der Waals surface area contributed by atoms with Gasteiger partial charge in [-0.05, 0) is 31.0 Å². The van der Waals surface area contributed by atoms with Gasteiger partial charge in [0, 0.05) is 22.4 Å². The second-order valence-corrected chi connectivity index (χ2v) is 7.57. The Kier molecular flexibility index (Phi) is 3.51. The molecule has 4 rings (SSSR count). The highest BCUT2D eigenvalue weighted by molar-refractivity contribution is 7.12. The SMILES string of the molecule is Cc1cc(-c2c(-c3ccccc3)[nH]c3c2c(=O)[nH]c(=O)n3C)c(C)s1. The number of H-pyrrole nitrogens is 2. The van der Waals surface area contributed by atoms with E-state index in [1.165, 1.54) is 9.44 Å². The Morgan fingerprint density at radius 3 is 2.40 bits per heavy atom. The molecule has 0 amide bonds. The van der Waals surface area contributed by atoms with Gasteiger partial charge in [0.25, 0.3) is 5.56 Å². The van der Waals surface area contributed by atoms with Crippen LogP contribution >= 0.6 is 11.3 Å². The fourth-order valence-corrected chi connectivity index (χ4v) is 4.20. The number of aromatic nitrogens is 3. The Morgan fingerprint density at radius 1 is 1.04 bits per heavy atom. The van der Waals surface area contributed by atoms with E-state index in [9.17, 15) is 9.59 Å². The van der Waals surface area contributed by atoms with Crippen LogP contribution in [0.25, 0.3) is 33.4 Å². The van der Waals surface area contributed by atoms with Crippen molar-refractivity contribution in [1.82, 2.24) is 14.5 Å². The van der Waals surface area contributed by atoms with Crippen LogP contribution in [0.3, 0.4) is 0 Å². The lowest BCUT2D eigenvalue weighted by Crippen LogP contribution is -2.28. The molecule has 0 unspecified atom stereocenters. The Balaban J connectivity index is 2.22. The van der Waals surface area contributed by atoms with Crippen molar-refractivity contribution in [1.29, 1.82) is 0 Å². The summed E-state index contributed by atoms with van der Waals surface area (Å²) in [4.78, 5) is 32.7. The molecule has 0 saturated carbocycles. The van der Waals surface area contributed by atoms with Crippen LogP contribution in [0, 0.1) is 13.8 Å². The average Bonchev–Trinajstić information content (AvgIpc) is 3.13. The number of aryl methyl sites for hydroxylation is 3. The molecule has 25 heavy (non-hydrogen) atoms. The second kappa shape index (κ2) is 5.60. The van der Waals surface area contributed by atoms with Gasteiger partial charge in [0.15, 0.2) is 0 Å². The number of benzene rings is 1. The van der Waals surface area contributed by atoms with Crippen molar-refractivity contribution in [3.8, 4) is 22.4 Å². The van der Waals surface area contributed by atoms with E-state index in [2.05, 4.69) is 29.9 Å². The lowest BCUT2D eigenvalue weighted by molar-refractivity contribution is 0.833. The molecule has 0 atom stereocenters. The van der Waals surface area contributed by atoms with E-state index in [1.54, 1.807) is 18.4 Å². The first kappa shape index (κ1) is 15.7.